The highest BCUT2D eigenvalue weighted by Crippen LogP contribution is 2.01. The Morgan fingerprint density at radius 1 is 1.36 bits per heavy atom. The molecule has 4 heteroatoms. The highest BCUT2D eigenvalue weighted by atomic mass is 32.2. The molecule has 0 rings (SSSR count). The average molecular weight is 221 g/mol. The largest absolute Gasteiger partial charge is 0.391 e. The van der Waals surface area contributed by atoms with E-state index in [1.165, 1.54) is 0 Å². The molecule has 0 saturated carbocycles. The smallest absolute Gasteiger partial charge is 0.0779 e. The first kappa shape index (κ1) is 14.1. The van der Waals surface area contributed by atoms with E-state index >= 15 is 0 Å². The molecule has 0 heterocycles. The predicted molar refractivity (Wildman–Crippen MR) is 61.9 cm³/mol. The van der Waals surface area contributed by atoms with Crippen molar-refractivity contribution in [3.63, 3.8) is 0 Å². The van der Waals surface area contributed by atoms with Crippen LogP contribution in [0.25, 0.3) is 0 Å². The minimum atomic E-state index is -0.920. The Labute approximate surface area is 89.7 Å². The zero-order valence-corrected chi connectivity index (χ0v) is 10.6. The third-order valence-corrected chi connectivity index (χ3v) is 3.52. The second-order valence-corrected chi connectivity index (χ2v) is 6.92. The molecule has 0 aliphatic rings. The lowest BCUT2D eigenvalue weighted by Gasteiger charge is -2.23. The molecule has 0 aromatic carbocycles. The van der Waals surface area contributed by atoms with Crippen molar-refractivity contribution >= 4 is 10.8 Å². The highest BCUT2D eigenvalue weighted by Gasteiger charge is 2.15. The van der Waals surface area contributed by atoms with Gasteiger partial charge in [-0.05, 0) is 20.8 Å². The fraction of sp³-hybridized carbons (Fsp3) is 1.00. The summed E-state index contributed by atoms with van der Waals surface area (Å²) in [6, 6.07) is 0. The van der Waals surface area contributed by atoms with Gasteiger partial charge in [-0.2, -0.15) is 0 Å². The molecule has 0 saturated heterocycles. The summed E-state index contributed by atoms with van der Waals surface area (Å²) in [5.41, 5.74) is 0.000300. The lowest BCUT2D eigenvalue weighted by atomic mass is 10.1. The van der Waals surface area contributed by atoms with Gasteiger partial charge in [0, 0.05) is 28.1 Å². The number of hydrogen-bond acceptors (Lipinski definition) is 3. The average Bonchev–Trinajstić information content (AvgIpc) is 1.99. The van der Waals surface area contributed by atoms with Gasteiger partial charge < -0.3 is 10.4 Å². The van der Waals surface area contributed by atoms with Gasteiger partial charge in [-0.1, -0.05) is 13.8 Å². The van der Waals surface area contributed by atoms with Gasteiger partial charge in [-0.15, -0.1) is 0 Å². The van der Waals surface area contributed by atoms with E-state index in [9.17, 15) is 9.32 Å². The van der Waals surface area contributed by atoms with Crippen LogP contribution in [0, 0.1) is 0 Å². The molecule has 3 nitrogen and oxygen atoms in total. The van der Waals surface area contributed by atoms with Crippen molar-refractivity contribution in [2.45, 2.75) is 51.5 Å². The molecule has 0 aliphatic carbocycles. The van der Waals surface area contributed by atoms with Crippen molar-refractivity contribution in [3.8, 4) is 0 Å². The summed E-state index contributed by atoms with van der Waals surface area (Å²) in [7, 11) is -0.920. The molecule has 0 aromatic rings. The molecule has 2 atom stereocenters. The Hall–Kier alpha value is 0.0700. The minimum Gasteiger partial charge on any atom is -0.391 e. The molecule has 86 valence electrons. The molecule has 0 radical (unpaired) electrons. The van der Waals surface area contributed by atoms with Crippen LogP contribution in [-0.4, -0.2) is 38.5 Å². The summed E-state index contributed by atoms with van der Waals surface area (Å²) >= 11 is 0. The van der Waals surface area contributed by atoms with E-state index in [-0.39, 0.29) is 10.8 Å². The summed E-state index contributed by atoms with van der Waals surface area (Å²) in [5, 5.41) is 12.9. The van der Waals surface area contributed by atoms with E-state index < -0.39 is 16.9 Å². The second kappa shape index (κ2) is 5.83. The molecule has 2 unspecified atom stereocenters. The van der Waals surface area contributed by atoms with E-state index in [2.05, 4.69) is 5.32 Å². The van der Waals surface area contributed by atoms with Gasteiger partial charge >= 0.3 is 0 Å². The molecule has 0 fully saturated rings. The van der Waals surface area contributed by atoms with Crippen molar-refractivity contribution in [1.82, 2.24) is 5.32 Å². The molecule has 0 aromatic heterocycles. The molecule has 14 heavy (non-hydrogen) atoms. The van der Waals surface area contributed by atoms with Crippen LogP contribution in [0.4, 0.5) is 0 Å². The summed E-state index contributed by atoms with van der Waals surface area (Å²) in [4.78, 5) is 0. The van der Waals surface area contributed by atoms with Crippen LogP contribution < -0.4 is 5.32 Å². The van der Waals surface area contributed by atoms with Gasteiger partial charge in [0.2, 0.25) is 0 Å². The Morgan fingerprint density at radius 2 is 1.86 bits per heavy atom. The zero-order valence-electron chi connectivity index (χ0n) is 9.83. The minimum absolute atomic E-state index is 0.000300. The summed E-state index contributed by atoms with van der Waals surface area (Å²) in [6.07, 6.45) is -0.516. The maximum absolute atomic E-state index is 11.4. The van der Waals surface area contributed by atoms with Crippen molar-refractivity contribution in [2.24, 2.45) is 0 Å². The van der Waals surface area contributed by atoms with Crippen LogP contribution in [-0.2, 0) is 10.8 Å². The quantitative estimate of drug-likeness (QED) is 0.725. The number of aliphatic hydroxyl groups is 1. The fourth-order valence-electron chi connectivity index (χ4n) is 0.865. The zero-order chi connectivity index (χ0) is 11.4. The standard InChI is InChI=1S/C10H23NO2S/c1-8(2)14(13)7-9(12)6-11-10(3,4)5/h8-9,11-12H,6-7H2,1-5H3. The number of nitrogens with one attached hydrogen (secondary N) is 1. The Kier molecular flexibility index (Phi) is 5.86. The highest BCUT2D eigenvalue weighted by molar-refractivity contribution is 7.85. The van der Waals surface area contributed by atoms with Crippen molar-refractivity contribution in [3.05, 3.63) is 0 Å². The fourth-order valence-corrected chi connectivity index (χ4v) is 1.75. The summed E-state index contributed by atoms with van der Waals surface area (Å²) in [6.45, 7) is 10.4. The van der Waals surface area contributed by atoms with Crippen LogP contribution in [0.2, 0.25) is 0 Å². The Bertz CT molecular complexity index is 187. The third-order valence-electron chi connectivity index (χ3n) is 1.75. The number of β-amino-alcohol motifs (C(OH)–C–C–N with tert-alkyl or cyclic N) is 1. The van der Waals surface area contributed by atoms with Gasteiger partial charge in [0.25, 0.3) is 0 Å². The first-order chi connectivity index (χ1) is 6.22. The van der Waals surface area contributed by atoms with Gasteiger partial charge in [0.1, 0.15) is 0 Å². The molecule has 0 aliphatic heterocycles. The normalized spacial score (nSPS) is 17.1. The van der Waals surface area contributed by atoms with Crippen LogP contribution in [0.1, 0.15) is 34.6 Å². The van der Waals surface area contributed by atoms with Crippen molar-refractivity contribution < 1.29 is 9.32 Å². The van der Waals surface area contributed by atoms with Crippen molar-refractivity contribution in [1.29, 1.82) is 0 Å². The van der Waals surface area contributed by atoms with Crippen molar-refractivity contribution in [2.75, 3.05) is 12.3 Å². The summed E-state index contributed by atoms with van der Waals surface area (Å²) in [5.74, 6) is 0.362. The van der Waals surface area contributed by atoms with Crippen LogP contribution >= 0.6 is 0 Å². The van der Waals surface area contributed by atoms with Gasteiger partial charge in [-0.25, -0.2) is 0 Å². The van der Waals surface area contributed by atoms with E-state index in [1.54, 1.807) is 0 Å². The molecule has 0 amide bonds. The van der Waals surface area contributed by atoms with E-state index in [4.69, 9.17) is 0 Å². The SMILES string of the molecule is CC(C)S(=O)CC(O)CNC(C)(C)C. The van der Waals surface area contributed by atoms with Gasteiger partial charge in [0.05, 0.1) is 11.9 Å². The van der Waals surface area contributed by atoms with Crippen LogP contribution in [0.15, 0.2) is 0 Å². The second-order valence-electron chi connectivity index (χ2n) is 4.88. The molecule has 0 spiro atoms. The lowest BCUT2D eigenvalue weighted by molar-refractivity contribution is 0.182. The maximum atomic E-state index is 11.4. The topological polar surface area (TPSA) is 49.3 Å². The maximum Gasteiger partial charge on any atom is 0.0779 e. The number of aliphatic hydroxyl groups excluding tert-OH is 1. The first-order valence-electron chi connectivity index (χ1n) is 5.02. The number of rotatable bonds is 5. The van der Waals surface area contributed by atoms with Crippen LogP contribution in [0.5, 0.6) is 0 Å². The van der Waals surface area contributed by atoms with E-state index in [0.29, 0.717) is 12.3 Å². The molecule has 0 bridgehead atoms. The predicted octanol–water partition coefficient (Wildman–Crippen LogP) is 0.892. The monoisotopic (exact) mass is 221 g/mol. The van der Waals surface area contributed by atoms with E-state index in [0.717, 1.165) is 0 Å². The Morgan fingerprint density at radius 3 is 2.21 bits per heavy atom. The first-order valence-corrected chi connectivity index (χ1v) is 6.41. The molecular weight excluding hydrogens is 198 g/mol. The number of hydrogen-bond donors (Lipinski definition) is 2. The molecule has 2 N–H and O–H groups in total. The third kappa shape index (κ3) is 7.47. The van der Waals surface area contributed by atoms with Crippen LogP contribution in [0.3, 0.4) is 0 Å². The lowest BCUT2D eigenvalue weighted by Crippen LogP contribution is -2.42. The van der Waals surface area contributed by atoms with E-state index in [1.807, 2.05) is 34.6 Å². The molecular formula is C10H23NO2S. The Balaban J connectivity index is 3.77. The van der Waals surface area contributed by atoms with Gasteiger partial charge in [-0.3, -0.25) is 4.21 Å². The van der Waals surface area contributed by atoms with Gasteiger partial charge in [0.15, 0.2) is 0 Å². The summed E-state index contributed by atoms with van der Waals surface area (Å²) < 4.78 is 11.4.